The minimum absolute atomic E-state index is 0.0350. The highest BCUT2D eigenvalue weighted by molar-refractivity contribution is 7.92. The standard InChI is InChI=1S/C24H19Cl2N3O5S/c25-17-9-10-19(23-22(17)18(26)14-27-23)28-35(31,32)16-6-3-5-15(13-16)33-12-4-11-29-20-7-1-2-8-21(20)34-24(29)30/h1-3,5-10,13-14,27-28H,4,11-12H2. The molecule has 2 heterocycles. The minimum Gasteiger partial charge on any atom is -0.493 e. The van der Waals surface area contributed by atoms with E-state index in [2.05, 4.69) is 9.71 Å². The van der Waals surface area contributed by atoms with Gasteiger partial charge in [-0.15, -0.1) is 0 Å². The van der Waals surface area contributed by atoms with Gasteiger partial charge in [0.05, 0.1) is 38.3 Å². The smallest absolute Gasteiger partial charge is 0.419 e. The maximum atomic E-state index is 13.0. The van der Waals surface area contributed by atoms with Gasteiger partial charge < -0.3 is 14.1 Å². The van der Waals surface area contributed by atoms with Gasteiger partial charge >= 0.3 is 5.76 Å². The molecule has 0 aliphatic heterocycles. The lowest BCUT2D eigenvalue weighted by Gasteiger charge is -2.12. The molecule has 2 aromatic heterocycles. The van der Waals surface area contributed by atoms with Crippen molar-refractivity contribution in [2.45, 2.75) is 17.9 Å². The number of aromatic amines is 1. The predicted octanol–water partition coefficient (Wildman–Crippen LogP) is 5.65. The topological polar surface area (TPSA) is 106 Å². The molecule has 11 heteroatoms. The Bertz CT molecular complexity index is 1710. The van der Waals surface area contributed by atoms with Crippen LogP contribution in [0.1, 0.15) is 6.42 Å². The Morgan fingerprint density at radius 3 is 2.71 bits per heavy atom. The van der Waals surface area contributed by atoms with Gasteiger partial charge in [0.1, 0.15) is 5.75 Å². The number of H-pyrrole nitrogens is 1. The second kappa shape index (κ2) is 9.33. The number of para-hydroxylation sites is 2. The van der Waals surface area contributed by atoms with Crippen LogP contribution < -0.4 is 15.2 Å². The highest BCUT2D eigenvalue weighted by atomic mass is 35.5. The van der Waals surface area contributed by atoms with Gasteiger partial charge in [0, 0.05) is 24.2 Å². The van der Waals surface area contributed by atoms with Gasteiger partial charge in [0.2, 0.25) is 0 Å². The molecule has 8 nitrogen and oxygen atoms in total. The monoisotopic (exact) mass is 531 g/mol. The average Bonchev–Trinajstić information content (AvgIpc) is 3.39. The number of aryl methyl sites for hydroxylation is 1. The van der Waals surface area contributed by atoms with Crippen LogP contribution in [0.25, 0.3) is 22.0 Å². The summed E-state index contributed by atoms with van der Waals surface area (Å²) >= 11 is 12.3. The van der Waals surface area contributed by atoms with Crippen LogP contribution in [-0.4, -0.2) is 24.6 Å². The number of nitrogens with zero attached hydrogens (tertiary/aromatic N) is 1. The van der Waals surface area contributed by atoms with Crippen molar-refractivity contribution in [1.29, 1.82) is 0 Å². The van der Waals surface area contributed by atoms with Crippen molar-refractivity contribution in [3.63, 3.8) is 0 Å². The Kier molecular flexibility index (Phi) is 6.22. The van der Waals surface area contributed by atoms with Crippen molar-refractivity contribution in [2.75, 3.05) is 11.3 Å². The first-order chi connectivity index (χ1) is 16.8. The van der Waals surface area contributed by atoms with Crippen LogP contribution >= 0.6 is 23.2 Å². The Balaban J connectivity index is 1.27. The molecule has 0 aliphatic carbocycles. The molecule has 0 atom stereocenters. The largest absolute Gasteiger partial charge is 0.493 e. The fraction of sp³-hybridized carbons (Fsp3) is 0.125. The molecule has 0 radical (unpaired) electrons. The zero-order chi connectivity index (χ0) is 24.6. The molecular weight excluding hydrogens is 513 g/mol. The van der Waals surface area contributed by atoms with Gasteiger partial charge in [-0.25, -0.2) is 13.2 Å². The third-order valence-corrected chi connectivity index (χ3v) is 7.44. The number of nitrogens with one attached hydrogen (secondary N) is 2. The predicted molar refractivity (Wildman–Crippen MR) is 136 cm³/mol. The van der Waals surface area contributed by atoms with Crippen molar-refractivity contribution in [2.24, 2.45) is 0 Å². The molecule has 0 saturated carbocycles. The lowest BCUT2D eigenvalue weighted by atomic mass is 10.2. The Labute approximate surface area is 210 Å². The van der Waals surface area contributed by atoms with Gasteiger partial charge in [-0.2, -0.15) is 0 Å². The molecule has 35 heavy (non-hydrogen) atoms. The van der Waals surface area contributed by atoms with E-state index in [0.29, 0.717) is 50.9 Å². The normalized spacial score (nSPS) is 11.8. The molecule has 5 rings (SSSR count). The molecular formula is C24H19Cl2N3O5S. The molecule has 0 spiro atoms. The summed E-state index contributed by atoms with van der Waals surface area (Å²) < 4.78 is 41.2. The highest BCUT2D eigenvalue weighted by Crippen LogP contribution is 2.35. The van der Waals surface area contributed by atoms with E-state index in [1.165, 1.54) is 12.1 Å². The van der Waals surface area contributed by atoms with E-state index < -0.39 is 15.8 Å². The Hall–Kier alpha value is -3.40. The number of oxazole rings is 1. The number of ether oxygens (including phenoxy) is 1. The van der Waals surface area contributed by atoms with E-state index in [1.807, 2.05) is 12.1 Å². The molecule has 0 aliphatic rings. The summed E-state index contributed by atoms with van der Waals surface area (Å²) in [5, 5.41) is 1.34. The Morgan fingerprint density at radius 1 is 1.03 bits per heavy atom. The number of hydrogen-bond donors (Lipinski definition) is 2. The SMILES string of the molecule is O=c1oc2ccccc2n1CCCOc1cccc(S(=O)(=O)Nc2ccc(Cl)c3c(Cl)c[nH]c23)c1. The van der Waals surface area contributed by atoms with Crippen LogP contribution in [-0.2, 0) is 16.6 Å². The highest BCUT2D eigenvalue weighted by Gasteiger charge is 2.19. The van der Waals surface area contributed by atoms with Gasteiger partial charge in [-0.05, 0) is 42.8 Å². The first-order valence-corrected chi connectivity index (χ1v) is 12.9. The molecule has 2 N–H and O–H groups in total. The quantitative estimate of drug-likeness (QED) is 0.251. The fourth-order valence-electron chi connectivity index (χ4n) is 3.83. The molecule has 0 unspecified atom stereocenters. The van der Waals surface area contributed by atoms with Crippen LogP contribution in [0.2, 0.25) is 10.0 Å². The lowest BCUT2D eigenvalue weighted by molar-refractivity contribution is 0.299. The summed E-state index contributed by atoms with van der Waals surface area (Å²) in [5.41, 5.74) is 2.06. The van der Waals surface area contributed by atoms with Gasteiger partial charge in [-0.1, -0.05) is 41.4 Å². The van der Waals surface area contributed by atoms with E-state index in [1.54, 1.807) is 47.2 Å². The number of fused-ring (bicyclic) bond motifs is 2. The summed E-state index contributed by atoms with van der Waals surface area (Å²) in [4.78, 5) is 15.1. The van der Waals surface area contributed by atoms with E-state index in [9.17, 15) is 13.2 Å². The second-order valence-corrected chi connectivity index (χ2v) is 10.2. The first kappa shape index (κ1) is 23.3. The van der Waals surface area contributed by atoms with Crippen LogP contribution in [0.5, 0.6) is 5.75 Å². The zero-order valence-electron chi connectivity index (χ0n) is 18.1. The van der Waals surface area contributed by atoms with Crippen molar-refractivity contribution in [1.82, 2.24) is 9.55 Å². The van der Waals surface area contributed by atoms with E-state index >= 15 is 0 Å². The second-order valence-electron chi connectivity index (χ2n) is 7.75. The molecule has 180 valence electrons. The van der Waals surface area contributed by atoms with Crippen molar-refractivity contribution >= 4 is 60.9 Å². The minimum atomic E-state index is -3.92. The average molecular weight is 532 g/mol. The van der Waals surface area contributed by atoms with Crippen LogP contribution in [0.4, 0.5) is 5.69 Å². The molecule has 3 aromatic carbocycles. The van der Waals surface area contributed by atoms with Crippen molar-refractivity contribution < 1.29 is 17.6 Å². The molecule has 0 bridgehead atoms. The summed E-state index contributed by atoms with van der Waals surface area (Å²) in [6.45, 7) is 0.683. The summed E-state index contributed by atoms with van der Waals surface area (Å²) in [5.74, 6) is -0.0357. The van der Waals surface area contributed by atoms with E-state index in [4.69, 9.17) is 32.4 Å². The van der Waals surface area contributed by atoms with Crippen molar-refractivity contribution in [3.8, 4) is 5.75 Å². The van der Waals surface area contributed by atoms with Crippen molar-refractivity contribution in [3.05, 3.63) is 87.5 Å². The maximum absolute atomic E-state index is 13.0. The number of aromatic nitrogens is 2. The third kappa shape index (κ3) is 4.62. The van der Waals surface area contributed by atoms with Gasteiger partial charge in [0.25, 0.3) is 10.0 Å². The van der Waals surface area contributed by atoms with Gasteiger partial charge in [-0.3, -0.25) is 9.29 Å². The summed E-state index contributed by atoms with van der Waals surface area (Å²) in [7, 11) is -3.92. The molecule has 5 aromatic rings. The number of halogens is 2. The zero-order valence-corrected chi connectivity index (χ0v) is 20.5. The molecule has 0 amide bonds. The first-order valence-electron chi connectivity index (χ1n) is 10.6. The van der Waals surface area contributed by atoms with Crippen LogP contribution in [0.3, 0.4) is 0 Å². The maximum Gasteiger partial charge on any atom is 0.419 e. The lowest BCUT2D eigenvalue weighted by Crippen LogP contribution is -2.16. The van der Waals surface area contributed by atoms with Crippen LogP contribution in [0.15, 0.2) is 81.0 Å². The van der Waals surface area contributed by atoms with Crippen LogP contribution in [0, 0.1) is 0 Å². The number of hydrogen-bond acceptors (Lipinski definition) is 5. The Morgan fingerprint density at radius 2 is 1.86 bits per heavy atom. The number of sulfonamides is 1. The number of benzene rings is 3. The summed E-state index contributed by atoms with van der Waals surface area (Å²) in [6, 6.07) is 16.5. The summed E-state index contributed by atoms with van der Waals surface area (Å²) in [6.07, 6.45) is 2.07. The van der Waals surface area contributed by atoms with E-state index in [0.717, 1.165) is 5.52 Å². The fourth-order valence-corrected chi connectivity index (χ4v) is 5.49. The molecule has 0 fully saturated rings. The van der Waals surface area contributed by atoms with E-state index in [-0.39, 0.29) is 11.5 Å². The van der Waals surface area contributed by atoms with Gasteiger partial charge in [0.15, 0.2) is 5.58 Å². The number of rotatable bonds is 8. The number of anilines is 1. The molecule has 0 saturated heterocycles. The third-order valence-electron chi connectivity index (χ3n) is 5.47.